The van der Waals surface area contributed by atoms with Crippen molar-refractivity contribution in [2.75, 3.05) is 10.5 Å². The first kappa shape index (κ1) is 13.7. The Morgan fingerprint density at radius 2 is 2.11 bits per heavy atom. The summed E-state index contributed by atoms with van der Waals surface area (Å²) in [6, 6.07) is 2.48. The van der Waals surface area contributed by atoms with Crippen LogP contribution in [0.3, 0.4) is 0 Å². The second-order valence-corrected chi connectivity index (χ2v) is 6.06. The van der Waals surface area contributed by atoms with E-state index in [1.54, 1.807) is 0 Å². The summed E-state index contributed by atoms with van der Waals surface area (Å²) in [6.07, 6.45) is 3.53. The van der Waals surface area contributed by atoms with Gasteiger partial charge in [0.2, 0.25) is 0 Å². The first-order valence-electron chi connectivity index (χ1n) is 4.93. The molecule has 0 aliphatic heterocycles. The number of pyridine rings is 2. The Morgan fingerprint density at radius 1 is 1.37 bits per heavy atom. The van der Waals surface area contributed by atoms with Gasteiger partial charge in [-0.2, -0.15) is 0 Å². The Hall–Kier alpha value is -1.74. The zero-order chi connectivity index (χ0) is 14.0. The molecule has 0 fully saturated rings. The molecule has 9 heteroatoms. The average molecular weight is 347 g/mol. The van der Waals surface area contributed by atoms with E-state index < -0.39 is 15.8 Å². The third-order valence-corrected chi connectivity index (χ3v) is 3.98. The molecule has 0 amide bonds. The topological polar surface area (TPSA) is 98.0 Å². The average Bonchev–Trinajstić information content (AvgIpc) is 2.35. The largest absolute Gasteiger partial charge is 0.383 e. The number of anilines is 2. The first-order valence-corrected chi connectivity index (χ1v) is 7.21. The fourth-order valence-corrected chi connectivity index (χ4v) is 2.96. The fourth-order valence-electron chi connectivity index (χ4n) is 1.30. The van der Waals surface area contributed by atoms with Crippen molar-refractivity contribution in [2.45, 2.75) is 4.90 Å². The molecule has 6 nitrogen and oxygen atoms in total. The monoisotopic (exact) mass is 346 g/mol. The minimum Gasteiger partial charge on any atom is -0.383 e. The minimum absolute atomic E-state index is 0.176. The smallest absolute Gasteiger partial charge is 0.265 e. The molecule has 2 rings (SSSR count). The normalized spacial score (nSPS) is 11.3. The molecule has 0 bridgehead atoms. The van der Waals surface area contributed by atoms with E-state index in [-0.39, 0.29) is 16.4 Å². The summed E-state index contributed by atoms with van der Waals surface area (Å²) < 4.78 is 40.1. The van der Waals surface area contributed by atoms with Gasteiger partial charge < -0.3 is 5.73 Å². The minimum atomic E-state index is -4.02. The molecule has 0 spiro atoms. The zero-order valence-electron chi connectivity index (χ0n) is 9.34. The number of nitrogens with one attached hydrogen (secondary N) is 1. The second kappa shape index (κ2) is 5.10. The predicted octanol–water partition coefficient (Wildman–Crippen LogP) is 1.76. The lowest BCUT2D eigenvalue weighted by Crippen LogP contribution is -2.16. The van der Waals surface area contributed by atoms with Gasteiger partial charge in [-0.15, -0.1) is 0 Å². The van der Waals surface area contributed by atoms with Crippen molar-refractivity contribution < 1.29 is 12.8 Å². The highest BCUT2D eigenvalue weighted by Gasteiger charge is 2.20. The van der Waals surface area contributed by atoms with Crippen molar-refractivity contribution in [1.82, 2.24) is 9.97 Å². The van der Waals surface area contributed by atoms with Crippen LogP contribution in [0.2, 0.25) is 0 Å². The molecule has 0 aliphatic carbocycles. The number of nitrogens with two attached hydrogens (primary N) is 1. The third kappa shape index (κ3) is 2.99. The van der Waals surface area contributed by atoms with E-state index in [1.807, 2.05) is 0 Å². The van der Waals surface area contributed by atoms with Crippen LogP contribution in [0.5, 0.6) is 0 Å². The van der Waals surface area contributed by atoms with Gasteiger partial charge >= 0.3 is 0 Å². The van der Waals surface area contributed by atoms with E-state index in [0.717, 1.165) is 6.20 Å². The van der Waals surface area contributed by atoms with Gasteiger partial charge in [-0.05, 0) is 28.1 Å². The standard InChI is InChI=1S/C10H8BrFN4O2S/c11-6-3-9(10(13)15-4-6)19(17,18)16-8-1-2-14-5-7(8)12/h1-5H,(H2,13,15)(H,14,16). The predicted molar refractivity (Wildman–Crippen MR) is 71.4 cm³/mol. The van der Waals surface area contributed by atoms with Gasteiger partial charge in [0.25, 0.3) is 10.0 Å². The number of aromatic nitrogens is 2. The van der Waals surface area contributed by atoms with Gasteiger partial charge in [0.1, 0.15) is 10.7 Å². The van der Waals surface area contributed by atoms with Crippen molar-refractivity contribution in [3.05, 3.63) is 41.0 Å². The van der Waals surface area contributed by atoms with Crippen LogP contribution >= 0.6 is 15.9 Å². The summed E-state index contributed by atoms with van der Waals surface area (Å²) in [5.74, 6) is -0.960. The summed E-state index contributed by atoms with van der Waals surface area (Å²) in [7, 11) is -4.02. The lowest BCUT2D eigenvalue weighted by Gasteiger charge is -2.10. The van der Waals surface area contributed by atoms with E-state index >= 15 is 0 Å². The van der Waals surface area contributed by atoms with Crippen LogP contribution in [-0.2, 0) is 10.0 Å². The van der Waals surface area contributed by atoms with Crippen LogP contribution < -0.4 is 10.5 Å². The molecule has 0 unspecified atom stereocenters. The number of nitrogens with zero attached hydrogens (tertiary/aromatic N) is 2. The van der Waals surface area contributed by atoms with Crippen molar-refractivity contribution in [3.8, 4) is 0 Å². The molecule has 100 valence electrons. The highest BCUT2D eigenvalue weighted by molar-refractivity contribution is 9.10. The van der Waals surface area contributed by atoms with Crippen LogP contribution in [0.25, 0.3) is 0 Å². The summed E-state index contributed by atoms with van der Waals surface area (Å²) in [5, 5.41) is 0. The van der Waals surface area contributed by atoms with Crippen LogP contribution in [0.15, 0.2) is 40.1 Å². The van der Waals surface area contributed by atoms with Crippen molar-refractivity contribution >= 4 is 37.5 Å². The number of hydrogen-bond donors (Lipinski definition) is 2. The number of hydrogen-bond acceptors (Lipinski definition) is 5. The molecule has 2 aromatic heterocycles. The first-order chi connectivity index (χ1) is 8.90. The van der Waals surface area contributed by atoms with Gasteiger partial charge in [0.15, 0.2) is 5.82 Å². The zero-order valence-corrected chi connectivity index (χ0v) is 11.7. The van der Waals surface area contributed by atoms with Crippen LogP contribution in [0, 0.1) is 5.82 Å². The molecule has 0 aromatic carbocycles. The Morgan fingerprint density at radius 3 is 2.79 bits per heavy atom. The molecule has 0 radical (unpaired) electrons. The maximum absolute atomic E-state index is 13.4. The van der Waals surface area contributed by atoms with E-state index in [4.69, 9.17) is 5.73 Å². The van der Waals surface area contributed by atoms with E-state index in [2.05, 4.69) is 30.6 Å². The van der Waals surface area contributed by atoms with Crippen molar-refractivity contribution in [1.29, 1.82) is 0 Å². The SMILES string of the molecule is Nc1ncc(Br)cc1S(=O)(=O)Nc1ccncc1F. The summed E-state index contributed by atoms with van der Waals surface area (Å²) in [6.45, 7) is 0. The number of sulfonamides is 1. The van der Waals surface area contributed by atoms with Crippen LogP contribution in [-0.4, -0.2) is 18.4 Å². The summed E-state index contributed by atoms with van der Waals surface area (Å²) in [4.78, 5) is 7.00. The van der Waals surface area contributed by atoms with Gasteiger partial charge in [-0.25, -0.2) is 17.8 Å². The Labute approximate surface area is 117 Å². The fraction of sp³-hybridized carbons (Fsp3) is 0. The molecular formula is C10H8BrFN4O2S. The van der Waals surface area contributed by atoms with Crippen molar-refractivity contribution in [3.63, 3.8) is 0 Å². The van der Waals surface area contributed by atoms with E-state index in [0.29, 0.717) is 4.47 Å². The molecule has 2 heterocycles. The maximum atomic E-state index is 13.4. The summed E-state index contributed by atoms with van der Waals surface area (Å²) in [5.41, 5.74) is 5.30. The molecule has 2 aromatic rings. The number of nitrogen functional groups attached to an aromatic ring is 1. The molecular weight excluding hydrogens is 339 g/mol. The van der Waals surface area contributed by atoms with Gasteiger partial charge in [-0.1, -0.05) is 0 Å². The molecule has 19 heavy (non-hydrogen) atoms. The molecule has 0 aliphatic rings. The molecule has 0 atom stereocenters. The van der Waals surface area contributed by atoms with Gasteiger partial charge in [0, 0.05) is 16.9 Å². The van der Waals surface area contributed by atoms with E-state index in [9.17, 15) is 12.8 Å². The molecule has 0 saturated carbocycles. The quantitative estimate of drug-likeness (QED) is 0.882. The highest BCUT2D eigenvalue weighted by atomic mass is 79.9. The lowest BCUT2D eigenvalue weighted by atomic mass is 10.4. The Balaban J connectivity index is 2.44. The number of rotatable bonds is 3. The third-order valence-electron chi connectivity index (χ3n) is 2.15. The Kier molecular flexibility index (Phi) is 3.67. The van der Waals surface area contributed by atoms with Crippen LogP contribution in [0.1, 0.15) is 0 Å². The van der Waals surface area contributed by atoms with Crippen molar-refractivity contribution in [2.24, 2.45) is 0 Å². The van der Waals surface area contributed by atoms with Crippen LogP contribution in [0.4, 0.5) is 15.9 Å². The van der Waals surface area contributed by atoms with Gasteiger partial charge in [0.05, 0.1) is 11.9 Å². The summed E-state index contributed by atoms with van der Waals surface area (Å²) >= 11 is 3.09. The van der Waals surface area contributed by atoms with E-state index in [1.165, 1.54) is 24.5 Å². The highest BCUT2D eigenvalue weighted by Crippen LogP contribution is 2.23. The molecule has 0 saturated heterocycles. The molecule has 3 N–H and O–H groups in total. The second-order valence-electron chi connectivity index (χ2n) is 3.50. The van der Waals surface area contributed by atoms with Gasteiger partial charge in [-0.3, -0.25) is 9.71 Å². The maximum Gasteiger partial charge on any atom is 0.265 e. The Bertz CT molecular complexity index is 723. The number of halogens is 2. The lowest BCUT2D eigenvalue weighted by molar-refractivity contribution is 0.598.